The van der Waals surface area contributed by atoms with Gasteiger partial charge in [0.2, 0.25) is 0 Å². The lowest BCUT2D eigenvalue weighted by atomic mass is 10.2. The Morgan fingerprint density at radius 3 is 2.86 bits per heavy atom. The largest absolute Gasteiger partial charge is 0.478 e. The van der Waals surface area contributed by atoms with Crippen molar-refractivity contribution in [3.63, 3.8) is 0 Å². The van der Waals surface area contributed by atoms with Gasteiger partial charge in [-0.05, 0) is 52.7 Å². The van der Waals surface area contributed by atoms with Gasteiger partial charge in [0.25, 0.3) is 0 Å². The molecule has 1 fully saturated rings. The standard InChI is InChI=1S/C14H17BrN2O3S/c15-11-5-4-9(13(18)19)7-12(11)17-14(20)16-8-10-3-1-2-6-21-10/h4-5,7,10H,1-3,6,8H2,(H,18,19)(H2,16,17,20). The second kappa shape index (κ2) is 7.70. The number of halogens is 1. The van der Waals surface area contributed by atoms with Gasteiger partial charge in [0.1, 0.15) is 0 Å². The van der Waals surface area contributed by atoms with E-state index in [4.69, 9.17) is 5.11 Å². The van der Waals surface area contributed by atoms with Crippen LogP contribution in [0.2, 0.25) is 0 Å². The van der Waals surface area contributed by atoms with Crippen molar-refractivity contribution < 1.29 is 14.7 Å². The lowest BCUT2D eigenvalue weighted by Gasteiger charge is -2.21. The van der Waals surface area contributed by atoms with E-state index in [1.54, 1.807) is 6.07 Å². The molecule has 3 N–H and O–H groups in total. The molecule has 0 bridgehead atoms. The highest BCUT2D eigenvalue weighted by Crippen LogP contribution is 2.25. The van der Waals surface area contributed by atoms with Gasteiger partial charge in [-0.15, -0.1) is 0 Å². The first-order valence-electron chi connectivity index (χ1n) is 6.75. The SMILES string of the molecule is O=C(NCC1CCCCS1)Nc1cc(C(=O)O)ccc1Br. The molecule has 1 aliphatic heterocycles. The van der Waals surface area contributed by atoms with Crippen molar-refractivity contribution in [1.29, 1.82) is 0 Å². The minimum Gasteiger partial charge on any atom is -0.478 e. The molecule has 2 amide bonds. The summed E-state index contributed by atoms with van der Waals surface area (Å²) in [6.07, 6.45) is 3.60. The molecule has 21 heavy (non-hydrogen) atoms. The van der Waals surface area contributed by atoms with E-state index in [0.717, 1.165) is 12.2 Å². The van der Waals surface area contributed by atoms with Crippen LogP contribution in [0.5, 0.6) is 0 Å². The summed E-state index contributed by atoms with van der Waals surface area (Å²) in [4.78, 5) is 22.8. The average molecular weight is 373 g/mol. The fraction of sp³-hybridized carbons (Fsp3) is 0.429. The van der Waals surface area contributed by atoms with E-state index in [-0.39, 0.29) is 11.6 Å². The summed E-state index contributed by atoms with van der Waals surface area (Å²) in [5.41, 5.74) is 0.583. The number of carboxylic acid groups (broad SMARTS) is 1. The summed E-state index contributed by atoms with van der Waals surface area (Å²) in [7, 11) is 0. The number of thioether (sulfide) groups is 1. The molecule has 0 aliphatic carbocycles. The molecule has 1 unspecified atom stereocenters. The molecule has 1 aliphatic rings. The second-order valence-corrected chi connectivity index (χ2v) is 7.09. The molecule has 1 aromatic rings. The smallest absolute Gasteiger partial charge is 0.335 e. The van der Waals surface area contributed by atoms with Gasteiger partial charge >= 0.3 is 12.0 Å². The van der Waals surface area contributed by atoms with Crippen LogP contribution in [-0.4, -0.2) is 34.7 Å². The number of hydrogen-bond acceptors (Lipinski definition) is 3. The number of carbonyl (C=O) groups excluding carboxylic acids is 1. The molecule has 0 aromatic heterocycles. The first-order chi connectivity index (χ1) is 10.1. The molecule has 1 atom stereocenters. The van der Waals surface area contributed by atoms with Gasteiger partial charge in [0.15, 0.2) is 0 Å². The van der Waals surface area contributed by atoms with Gasteiger partial charge in [-0.1, -0.05) is 6.42 Å². The van der Waals surface area contributed by atoms with Gasteiger partial charge in [0, 0.05) is 16.3 Å². The minimum absolute atomic E-state index is 0.135. The lowest BCUT2D eigenvalue weighted by Crippen LogP contribution is -2.35. The van der Waals surface area contributed by atoms with E-state index in [1.165, 1.54) is 25.0 Å². The van der Waals surface area contributed by atoms with Crippen molar-refractivity contribution in [2.75, 3.05) is 17.6 Å². The Balaban J connectivity index is 1.89. The first-order valence-corrected chi connectivity index (χ1v) is 8.60. The fourth-order valence-corrected chi connectivity index (χ4v) is 3.68. The second-order valence-electron chi connectivity index (χ2n) is 4.82. The maximum Gasteiger partial charge on any atom is 0.335 e. The lowest BCUT2D eigenvalue weighted by molar-refractivity contribution is 0.0697. The van der Waals surface area contributed by atoms with Crippen molar-refractivity contribution in [2.24, 2.45) is 0 Å². The predicted molar refractivity (Wildman–Crippen MR) is 88.2 cm³/mol. The van der Waals surface area contributed by atoms with Crippen LogP contribution in [-0.2, 0) is 0 Å². The predicted octanol–water partition coefficient (Wildman–Crippen LogP) is 3.55. The molecule has 7 heteroatoms. The van der Waals surface area contributed by atoms with Crippen molar-refractivity contribution in [3.8, 4) is 0 Å². The number of amides is 2. The van der Waals surface area contributed by atoms with Crippen LogP contribution in [0.15, 0.2) is 22.7 Å². The van der Waals surface area contributed by atoms with E-state index in [0.29, 0.717) is 22.0 Å². The highest BCUT2D eigenvalue weighted by Gasteiger charge is 2.15. The van der Waals surface area contributed by atoms with Gasteiger partial charge in [0.05, 0.1) is 11.3 Å². The minimum atomic E-state index is -1.02. The Hall–Kier alpha value is -1.21. The summed E-state index contributed by atoms with van der Waals surface area (Å²) in [5.74, 6) is 0.129. The zero-order valence-corrected chi connectivity index (χ0v) is 13.8. The van der Waals surface area contributed by atoms with Crippen LogP contribution in [0.3, 0.4) is 0 Å². The average Bonchev–Trinajstić information content (AvgIpc) is 2.48. The quantitative estimate of drug-likeness (QED) is 0.754. The number of nitrogens with one attached hydrogen (secondary N) is 2. The number of urea groups is 1. The third kappa shape index (κ3) is 4.93. The van der Waals surface area contributed by atoms with Crippen LogP contribution in [0, 0.1) is 0 Å². The van der Waals surface area contributed by atoms with Crippen molar-refractivity contribution in [1.82, 2.24) is 5.32 Å². The summed E-state index contributed by atoms with van der Waals surface area (Å²) in [6, 6.07) is 4.20. The Morgan fingerprint density at radius 1 is 1.38 bits per heavy atom. The molecular weight excluding hydrogens is 356 g/mol. The molecule has 0 saturated carbocycles. The molecule has 1 saturated heterocycles. The molecule has 1 heterocycles. The van der Waals surface area contributed by atoms with E-state index in [2.05, 4.69) is 26.6 Å². The normalized spacial score (nSPS) is 18.0. The molecule has 2 rings (SSSR count). The van der Waals surface area contributed by atoms with E-state index < -0.39 is 5.97 Å². The monoisotopic (exact) mass is 372 g/mol. The molecule has 1 aromatic carbocycles. The summed E-state index contributed by atoms with van der Waals surface area (Å²) in [5, 5.41) is 14.9. The Kier molecular flexibility index (Phi) is 5.93. The Labute approximate surface area is 136 Å². The third-order valence-electron chi connectivity index (χ3n) is 3.23. The van der Waals surface area contributed by atoms with Gasteiger partial charge in [-0.2, -0.15) is 11.8 Å². The maximum absolute atomic E-state index is 11.9. The number of carboxylic acids is 1. The molecular formula is C14H17BrN2O3S. The summed E-state index contributed by atoms with van der Waals surface area (Å²) in [6.45, 7) is 0.632. The van der Waals surface area contributed by atoms with Crippen LogP contribution in [0.25, 0.3) is 0 Å². The molecule has 114 valence electrons. The van der Waals surface area contributed by atoms with E-state index >= 15 is 0 Å². The van der Waals surface area contributed by atoms with Gasteiger partial charge < -0.3 is 15.7 Å². The van der Waals surface area contributed by atoms with Crippen LogP contribution < -0.4 is 10.6 Å². The summed E-state index contributed by atoms with van der Waals surface area (Å²) < 4.78 is 0.648. The van der Waals surface area contributed by atoms with Crippen molar-refractivity contribution in [2.45, 2.75) is 24.5 Å². The van der Waals surface area contributed by atoms with Crippen molar-refractivity contribution >= 4 is 45.4 Å². The fourth-order valence-electron chi connectivity index (χ4n) is 2.10. The Morgan fingerprint density at radius 2 is 2.19 bits per heavy atom. The number of anilines is 1. The highest BCUT2D eigenvalue weighted by molar-refractivity contribution is 9.10. The number of benzene rings is 1. The summed E-state index contributed by atoms with van der Waals surface area (Å²) >= 11 is 5.19. The molecule has 5 nitrogen and oxygen atoms in total. The zero-order valence-electron chi connectivity index (χ0n) is 11.4. The Bertz CT molecular complexity index is 533. The number of rotatable bonds is 4. The van der Waals surface area contributed by atoms with Crippen molar-refractivity contribution in [3.05, 3.63) is 28.2 Å². The van der Waals surface area contributed by atoms with Gasteiger partial charge in [-0.3, -0.25) is 0 Å². The molecule has 0 radical (unpaired) electrons. The topological polar surface area (TPSA) is 78.4 Å². The number of aromatic carboxylic acids is 1. The highest BCUT2D eigenvalue weighted by atomic mass is 79.9. The maximum atomic E-state index is 11.9. The number of hydrogen-bond donors (Lipinski definition) is 3. The van der Waals surface area contributed by atoms with E-state index in [1.807, 2.05) is 11.8 Å². The first kappa shape index (κ1) is 16.2. The van der Waals surface area contributed by atoms with Crippen LogP contribution in [0.4, 0.5) is 10.5 Å². The third-order valence-corrected chi connectivity index (χ3v) is 5.32. The number of carbonyl (C=O) groups is 2. The molecule has 0 spiro atoms. The zero-order chi connectivity index (χ0) is 15.2. The van der Waals surface area contributed by atoms with Crippen LogP contribution >= 0.6 is 27.7 Å². The van der Waals surface area contributed by atoms with E-state index in [9.17, 15) is 9.59 Å². The van der Waals surface area contributed by atoms with Crippen LogP contribution in [0.1, 0.15) is 29.6 Å². The van der Waals surface area contributed by atoms with Gasteiger partial charge in [-0.25, -0.2) is 9.59 Å².